The molecule has 0 spiro atoms. The van der Waals surface area contributed by atoms with Gasteiger partial charge in [0.15, 0.2) is 5.96 Å². The van der Waals surface area contributed by atoms with Crippen molar-refractivity contribution >= 4 is 41.5 Å². The highest BCUT2D eigenvalue weighted by molar-refractivity contribution is 14.0. The van der Waals surface area contributed by atoms with Crippen molar-refractivity contribution in [2.45, 2.75) is 13.0 Å². The second kappa shape index (κ2) is 13.6. The second-order valence-corrected chi connectivity index (χ2v) is 6.97. The molecule has 154 valence electrons. The highest BCUT2D eigenvalue weighted by Gasteiger charge is 2.01. The van der Waals surface area contributed by atoms with Gasteiger partial charge in [-0.1, -0.05) is 35.9 Å². The Bertz CT molecular complexity index is 740. The summed E-state index contributed by atoms with van der Waals surface area (Å²) in [6.45, 7) is 3.04. The highest BCUT2D eigenvalue weighted by Crippen LogP contribution is 2.13. The minimum absolute atomic E-state index is 0. The smallest absolute Gasteiger partial charge is 0.191 e. The quantitative estimate of drug-likeness (QED) is 0.302. The first-order valence-electron chi connectivity index (χ1n) is 9.12. The number of ether oxygens (including phenoxy) is 1. The van der Waals surface area contributed by atoms with Gasteiger partial charge in [0.2, 0.25) is 0 Å². The predicted octanol–water partition coefficient (Wildman–Crippen LogP) is 3.81. The average molecular weight is 517 g/mol. The van der Waals surface area contributed by atoms with E-state index in [9.17, 15) is 0 Å². The van der Waals surface area contributed by atoms with E-state index in [0.29, 0.717) is 13.2 Å². The lowest BCUT2D eigenvalue weighted by Gasteiger charge is -2.14. The van der Waals surface area contributed by atoms with Crippen LogP contribution in [0.15, 0.2) is 53.5 Å². The van der Waals surface area contributed by atoms with Crippen molar-refractivity contribution in [2.24, 2.45) is 4.99 Å². The van der Waals surface area contributed by atoms with E-state index in [2.05, 4.69) is 38.7 Å². The van der Waals surface area contributed by atoms with Crippen molar-refractivity contribution < 1.29 is 4.74 Å². The van der Waals surface area contributed by atoms with E-state index in [1.807, 2.05) is 44.4 Å². The Morgan fingerprint density at radius 2 is 1.82 bits per heavy atom. The van der Waals surface area contributed by atoms with Crippen LogP contribution in [-0.2, 0) is 13.0 Å². The molecule has 28 heavy (non-hydrogen) atoms. The van der Waals surface area contributed by atoms with E-state index in [1.165, 1.54) is 5.56 Å². The predicted molar refractivity (Wildman–Crippen MR) is 129 cm³/mol. The summed E-state index contributed by atoms with van der Waals surface area (Å²) >= 11 is 6.02. The zero-order chi connectivity index (χ0) is 19.5. The summed E-state index contributed by atoms with van der Waals surface area (Å²) in [6, 6.07) is 16.0. The molecule has 5 nitrogen and oxygen atoms in total. The van der Waals surface area contributed by atoms with Crippen LogP contribution < -0.4 is 15.4 Å². The number of guanidine groups is 1. The topological polar surface area (TPSA) is 48.9 Å². The third-order valence-corrected chi connectivity index (χ3v) is 4.22. The molecular formula is C21H30ClIN4O. The SMILES string of the molecule is CN=C(NCCc1cccc(Cl)c1)NCc1cccc(OCCN(C)C)c1.I. The van der Waals surface area contributed by atoms with Gasteiger partial charge in [0, 0.05) is 31.7 Å². The van der Waals surface area contributed by atoms with Gasteiger partial charge in [-0.2, -0.15) is 0 Å². The molecule has 0 aromatic heterocycles. The highest BCUT2D eigenvalue weighted by atomic mass is 127. The molecular weight excluding hydrogens is 487 g/mol. The van der Waals surface area contributed by atoms with Crippen LogP contribution in [0.5, 0.6) is 5.75 Å². The van der Waals surface area contributed by atoms with E-state index in [1.54, 1.807) is 7.05 Å². The van der Waals surface area contributed by atoms with E-state index < -0.39 is 0 Å². The number of hydrogen-bond acceptors (Lipinski definition) is 3. The first-order valence-corrected chi connectivity index (χ1v) is 9.50. The molecule has 0 atom stereocenters. The molecule has 0 amide bonds. The van der Waals surface area contributed by atoms with Gasteiger partial charge in [-0.25, -0.2) is 0 Å². The first kappa shape index (κ1) is 24.5. The van der Waals surface area contributed by atoms with E-state index in [4.69, 9.17) is 16.3 Å². The van der Waals surface area contributed by atoms with Crippen LogP contribution in [-0.4, -0.2) is 51.7 Å². The Kier molecular flexibility index (Phi) is 11.9. The number of nitrogens with zero attached hydrogens (tertiary/aromatic N) is 2. The number of halogens is 2. The summed E-state index contributed by atoms with van der Waals surface area (Å²) in [7, 11) is 5.85. The first-order chi connectivity index (χ1) is 13.1. The largest absolute Gasteiger partial charge is 0.492 e. The Balaban J connectivity index is 0.00000392. The van der Waals surface area contributed by atoms with Crippen LogP contribution in [0.25, 0.3) is 0 Å². The molecule has 7 heteroatoms. The van der Waals surface area contributed by atoms with Crippen LogP contribution in [0.3, 0.4) is 0 Å². The Labute approximate surface area is 190 Å². The average Bonchev–Trinajstić information content (AvgIpc) is 2.64. The molecule has 2 aromatic rings. The number of rotatable bonds is 9. The summed E-state index contributed by atoms with van der Waals surface area (Å²) in [5.74, 6) is 1.66. The molecule has 0 radical (unpaired) electrons. The zero-order valence-corrected chi connectivity index (χ0v) is 19.8. The van der Waals surface area contributed by atoms with E-state index >= 15 is 0 Å². The fourth-order valence-electron chi connectivity index (χ4n) is 2.52. The second-order valence-electron chi connectivity index (χ2n) is 6.53. The fourth-order valence-corrected chi connectivity index (χ4v) is 2.73. The molecule has 0 aliphatic carbocycles. The van der Waals surface area contributed by atoms with Crippen LogP contribution in [0.1, 0.15) is 11.1 Å². The Hall–Kier alpha value is -1.51. The Morgan fingerprint density at radius 1 is 1.07 bits per heavy atom. The van der Waals surface area contributed by atoms with Crippen molar-refractivity contribution in [3.8, 4) is 5.75 Å². The molecule has 0 aliphatic heterocycles. The summed E-state index contributed by atoms with van der Waals surface area (Å²) in [5.41, 5.74) is 2.35. The molecule has 2 aromatic carbocycles. The molecule has 0 unspecified atom stereocenters. The van der Waals surface area contributed by atoms with Crippen molar-refractivity contribution in [2.75, 3.05) is 40.8 Å². The van der Waals surface area contributed by atoms with Crippen molar-refractivity contribution in [1.29, 1.82) is 0 Å². The molecule has 0 heterocycles. The van der Waals surface area contributed by atoms with Gasteiger partial charge in [0.1, 0.15) is 12.4 Å². The number of hydrogen-bond donors (Lipinski definition) is 2. The van der Waals surface area contributed by atoms with E-state index in [-0.39, 0.29) is 24.0 Å². The molecule has 2 N–H and O–H groups in total. The maximum atomic E-state index is 6.02. The van der Waals surface area contributed by atoms with Crippen LogP contribution in [0.2, 0.25) is 5.02 Å². The number of nitrogens with one attached hydrogen (secondary N) is 2. The van der Waals surface area contributed by atoms with Gasteiger partial charge < -0.3 is 20.3 Å². The normalized spacial score (nSPS) is 11.1. The number of likely N-dealkylation sites (N-methyl/N-ethyl adjacent to an activating group) is 1. The lowest BCUT2D eigenvalue weighted by atomic mass is 10.1. The Morgan fingerprint density at radius 3 is 2.54 bits per heavy atom. The van der Waals surface area contributed by atoms with Gasteiger partial charge >= 0.3 is 0 Å². The third kappa shape index (κ3) is 9.61. The molecule has 2 rings (SSSR count). The maximum absolute atomic E-state index is 6.02. The van der Waals surface area contributed by atoms with Gasteiger partial charge in [-0.15, -0.1) is 24.0 Å². The minimum atomic E-state index is 0. The molecule has 0 aliphatic rings. The van der Waals surface area contributed by atoms with Gasteiger partial charge in [0.05, 0.1) is 0 Å². The minimum Gasteiger partial charge on any atom is -0.492 e. The third-order valence-electron chi connectivity index (χ3n) is 3.98. The summed E-state index contributed by atoms with van der Waals surface area (Å²) < 4.78 is 5.79. The number of aliphatic imine (C=N–C) groups is 1. The zero-order valence-electron chi connectivity index (χ0n) is 16.7. The van der Waals surface area contributed by atoms with Crippen molar-refractivity contribution in [1.82, 2.24) is 15.5 Å². The molecule has 0 saturated carbocycles. The molecule has 0 fully saturated rings. The lowest BCUT2D eigenvalue weighted by molar-refractivity contribution is 0.261. The van der Waals surface area contributed by atoms with Crippen molar-refractivity contribution in [3.05, 3.63) is 64.7 Å². The molecule has 0 bridgehead atoms. The van der Waals surface area contributed by atoms with Crippen molar-refractivity contribution in [3.63, 3.8) is 0 Å². The standard InChI is InChI=1S/C21H29ClN4O.HI/c1-23-21(24-11-10-17-6-4-8-19(22)14-17)25-16-18-7-5-9-20(15-18)27-13-12-26(2)3;/h4-9,14-15H,10-13,16H2,1-3H3,(H2,23,24,25);1H. The monoisotopic (exact) mass is 516 g/mol. The summed E-state index contributed by atoms with van der Waals surface area (Å²) in [5, 5.41) is 7.43. The van der Waals surface area contributed by atoms with Gasteiger partial charge in [-0.3, -0.25) is 4.99 Å². The molecule has 0 saturated heterocycles. The summed E-state index contributed by atoms with van der Waals surface area (Å²) in [6.07, 6.45) is 0.885. The van der Waals surface area contributed by atoms with Crippen LogP contribution in [0.4, 0.5) is 0 Å². The fraction of sp³-hybridized carbons (Fsp3) is 0.381. The van der Waals surface area contributed by atoms with Gasteiger partial charge in [0.25, 0.3) is 0 Å². The maximum Gasteiger partial charge on any atom is 0.191 e. The van der Waals surface area contributed by atoms with E-state index in [0.717, 1.165) is 41.8 Å². The van der Waals surface area contributed by atoms with Gasteiger partial charge in [-0.05, 0) is 55.9 Å². The lowest BCUT2D eigenvalue weighted by Crippen LogP contribution is -2.37. The summed E-state index contributed by atoms with van der Waals surface area (Å²) in [4.78, 5) is 6.38. The van der Waals surface area contributed by atoms with Crippen LogP contribution >= 0.6 is 35.6 Å². The number of benzene rings is 2. The van der Waals surface area contributed by atoms with Crippen LogP contribution in [0, 0.1) is 0 Å².